The van der Waals surface area contributed by atoms with Gasteiger partial charge in [0.2, 0.25) is 0 Å². The number of aromatic amines is 1. The molecular weight excluding hydrogens is 294 g/mol. The van der Waals surface area contributed by atoms with Gasteiger partial charge in [-0.1, -0.05) is 24.3 Å². The second-order valence-corrected chi connectivity index (χ2v) is 5.09. The van der Waals surface area contributed by atoms with E-state index >= 15 is 0 Å². The Labute approximate surface area is 132 Å². The minimum absolute atomic E-state index is 0.0768. The second kappa shape index (κ2) is 5.92. The van der Waals surface area contributed by atoms with Gasteiger partial charge >= 0.3 is 5.69 Å². The van der Waals surface area contributed by atoms with Gasteiger partial charge in [0, 0.05) is 5.39 Å². The highest BCUT2D eigenvalue weighted by Gasteiger charge is 2.15. The number of aryl methyl sites for hydroxylation is 1. The molecule has 0 unspecified atom stereocenters. The summed E-state index contributed by atoms with van der Waals surface area (Å²) in [4.78, 5) is 30.7. The van der Waals surface area contributed by atoms with Crippen LogP contribution in [-0.4, -0.2) is 23.0 Å². The monoisotopic (exact) mass is 309 g/mol. The van der Waals surface area contributed by atoms with Crippen molar-refractivity contribution in [3.8, 4) is 5.75 Å². The van der Waals surface area contributed by atoms with E-state index in [0.717, 1.165) is 5.56 Å². The van der Waals surface area contributed by atoms with Crippen molar-refractivity contribution in [2.45, 2.75) is 6.92 Å². The van der Waals surface area contributed by atoms with E-state index in [4.69, 9.17) is 4.74 Å². The molecule has 0 fully saturated rings. The molecule has 6 heteroatoms. The molecule has 6 nitrogen and oxygen atoms in total. The van der Waals surface area contributed by atoms with Crippen molar-refractivity contribution in [2.24, 2.45) is 0 Å². The first-order valence-electron chi connectivity index (χ1n) is 7.03. The first-order valence-corrected chi connectivity index (χ1v) is 7.03. The average molecular weight is 309 g/mol. The van der Waals surface area contributed by atoms with E-state index in [1.54, 1.807) is 36.4 Å². The summed E-state index contributed by atoms with van der Waals surface area (Å²) in [6, 6.07) is 12.5. The summed E-state index contributed by atoms with van der Waals surface area (Å²) in [6.45, 7) is 1.91. The van der Waals surface area contributed by atoms with Crippen LogP contribution in [0.1, 0.15) is 16.1 Å². The Balaban J connectivity index is 2.05. The number of nitrogens with one attached hydrogen (secondary N) is 2. The fourth-order valence-electron chi connectivity index (χ4n) is 2.38. The molecule has 3 rings (SSSR count). The third-order valence-corrected chi connectivity index (χ3v) is 3.46. The highest BCUT2D eigenvalue weighted by Crippen LogP contribution is 2.26. The number of para-hydroxylation sites is 1. The van der Waals surface area contributed by atoms with Crippen LogP contribution in [-0.2, 0) is 0 Å². The van der Waals surface area contributed by atoms with Gasteiger partial charge in [-0.2, -0.15) is 4.98 Å². The van der Waals surface area contributed by atoms with Gasteiger partial charge in [-0.3, -0.25) is 4.79 Å². The maximum Gasteiger partial charge on any atom is 0.346 e. The van der Waals surface area contributed by atoms with Crippen molar-refractivity contribution in [3.05, 3.63) is 64.2 Å². The summed E-state index contributed by atoms with van der Waals surface area (Å²) < 4.78 is 5.25. The molecule has 0 saturated carbocycles. The first-order chi connectivity index (χ1) is 11.1. The Morgan fingerprint density at radius 1 is 1.22 bits per heavy atom. The van der Waals surface area contributed by atoms with Crippen LogP contribution in [0.3, 0.4) is 0 Å². The number of hydrogen-bond donors (Lipinski definition) is 2. The number of H-pyrrole nitrogens is 1. The van der Waals surface area contributed by atoms with Gasteiger partial charge in [0.25, 0.3) is 5.91 Å². The van der Waals surface area contributed by atoms with Gasteiger partial charge in [0.1, 0.15) is 11.4 Å². The number of carbonyl (C=O) groups is 1. The molecule has 0 aliphatic rings. The molecular formula is C17H15N3O3. The number of ether oxygens (including phenoxy) is 1. The molecule has 23 heavy (non-hydrogen) atoms. The fourth-order valence-corrected chi connectivity index (χ4v) is 2.38. The number of rotatable bonds is 3. The highest BCUT2D eigenvalue weighted by molar-refractivity contribution is 6.11. The van der Waals surface area contributed by atoms with E-state index < -0.39 is 11.6 Å². The van der Waals surface area contributed by atoms with E-state index in [1.165, 1.54) is 7.11 Å². The molecule has 3 aromatic rings. The molecule has 2 aromatic carbocycles. The molecule has 1 heterocycles. The van der Waals surface area contributed by atoms with Gasteiger partial charge in [-0.05, 0) is 30.7 Å². The summed E-state index contributed by atoms with van der Waals surface area (Å²) in [6.07, 6.45) is 0. The topological polar surface area (TPSA) is 84.1 Å². The van der Waals surface area contributed by atoms with Crippen LogP contribution in [0.15, 0.2) is 47.3 Å². The van der Waals surface area contributed by atoms with Gasteiger partial charge < -0.3 is 15.0 Å². The zero-order chi connectivity index (χ0) is 16.4. The molecule has 1 amide bonds. The predicted octanol–water partition coefficient (Wildman–Crippen LogP) is 2.49. The third kappa shape index (κ3) is 2.91. The van der Waals surface area contributed by atoms with Crippen LogP contribution in [0, 0.1) is 6.92 Å². The largest absolute Gasteiger partial charge is 0.495 e. The SMILES string of the molecule is COc1ccc(C)cc1NC(=O)c1nc(=O)[nH]c2ccccc12. The lowest BCUT2D eigenvalue weighted by molar-refractivity contribution is 0.102. The predicted molar refractivity (Wildman–Crippen MR) is 88.0 cm³/mol. The Hall–Kier alpha value is -3.15. The normalized spacial score (nSPS) is 10.5. The van der Waals surface area contributed by atoms with E-state index in [0.29, 0.717) is 22.3 Å². The van der Waals surface area contributed by atoms with E-state index in [1.807, 2.05) is 13.0 Å². The summed E-state index contributed by atoms with van der Waals surface area (Å²) in [5.41, 5.74) is 1.58. The Morgan fingerprint density at radius 2 is 2.00 bits per heavy atom. The molecule has 2 N–H and O–H groups in total. The number of benzene rings is 2. The number of hydrogen-bond acceptors (Lipinski definition) is 4. The Kier molecular flexibility index (Phi) is 3.80. The van der Waals surface area contributed by atoms with Crippen molar-refractivity contribution in [2.75, 3.05) is 12.4 Å². The number of methoxy groups -OCH3 is 1. The standard InChI is InChI=1S/C17H15N3O3/c1-10-7-8-14(23-2)13(9-10)18-16(21)15-11-5-3-4-6-12(11)19-17(22)20-15/h3-9H,1-2H3,(H,18,21)(H,19,20,22). The molecule has 0 aliphatic heterocycles. The molecule has 0 aliphatic carbocycles. The minimum atomic E-state index is -0.565. The zero-order valence-corrected chi connectivity index (χ0v) is 12.7. The number of carbonyl (C=O) groups excluding carboxylic acids is 1. The number of anilines is 1. The van der Waals surface area contributed by atoms with Crippen LogP contribution in [0.25, 0.3) is 10.9 Å². The van der Waals surface area contributed by atoms with Crippen LogP contribution < -0.4 is 15.7 Å². The van der Waals surface area contributed by atoms with Crippen molar-refractivity contribution in [3.63, 3.8) is 0 Å². The smallest absolute Gasteiger partial charge is 0.346 e. The van der Waals surface area contributed by atoms with Crippen LogP contribution >= 0.6 is 0 Å². The number of amides is 1. The lowest BCUT2D eigenvalue weighted by atomic mass is 10.1. The lowest BCUT2D eigenvalue weighted by Gasteiger charge is -2.11. The van der Waals surface area contributed by atoms with Crippen LogP contribution in [0.4, 0.5) is 5.69 Å². The second-order valence-electron chi connectivity index (χ2n) is 5.09. The average Bonchev–Trinajstić information content (AvgIpc) is 2.54. The van der Waals surface area contributed by atoms with Crippen LogP contribution in [0.5, 0.6) is 5.75 Å². The molecule has 0 atom stereocenters. The zero-order valence-electron chi connectivity index (χ0n) is 12.7. The Bertz CT molecular complexity index is 947. The van der Waals surface area contributed by atoms with Crippen molar-refractivity contribution >= 4 is 22.5 Å². The van der Waals surface area contributed by atoms with Gasteiger partial charge in [0.05, 0.1) is 18.3 Å². The van der Waals surface area contributed by atoms with Gasteiger partial charge in [0.15, 0.2) is 0 Å². The van der Waals surface area contributed by atoms with E-state index in [2.05, 4.69) is 15.3 Å². The number of nitrogens with zero attached hydrogens (tertiary/aromatic N) is 1. The third-order valence-electron chi connectivity index (χ3n) is 3.46. The summed E-state index contributed by atoms with van der Waals surface area (Å²) in [5.74, 6) is 0.0781. The number of aromatic nitrogens is 2. The van der Waals surface area contributed by atoms with Crippen molar-refractivity contribution < 1.29 is 9.53 Å². The van der Waals surface area contributed by atoms with Gasteiger partial charge in [-0.25, -0.2) is 4.79 Å². The molecule has 0 spiro atoms. The molecule has 1 aromatic heterocycles. The lowest BCUT2D eigenvalue weighted by Crippen LogP contribution is -2.21. The van der Waals surface area contributed by atoms with Crippen molar-refractivity contribution in [1.29, 1.82) is 0 Å². The molecule has 0 saturated heterocycles. The summed E-state index contributed by atoms with van der Waals surface area (Å²) >= 11 is 0. The molecule has 0 bridgehead atoms. The summed E-state index contributed by atoms with van der Waals surface area (Å²) in [5, 5.41) is 3.34. The van der Waals surface area contributed by atoms with E-state index in [9.17, 15) is 9.59 Å². The van der Waals surface area contributed by atoms with E-state index in [-0.39, 0.29) is 5.69 Å². The van der Waals surface area contributed by atoms with Gasteiger partial charge in [-0.15, -0.1) is 0 Å². The quantitative estimate of drug-likeness (QED) is 0.778. The first kappa shape index (κ1) is 14.8. The minimum Gasteiger partial charge on any atom is -0.495 e. The number of fused-ring (bicyclic) bond motifs is 1. The fraction of sp³-hybridized carbons (Fsp3) is 0.118. The Morgan fingerprint density at radius 3 is 2.78 bits per heavy atom. The highest BCUT2D eigenvalue weighted by atomic mass is 16.5. The molecule has 116 valence electrons. The maximum atomic E-state index is 12.6. The van der Waals surface area contributed by atoms with Crippen molar-refractivity contribution in [1.82, 2.24) is 9.97 Å². The maximum absolute atomic E-state index is 12.6. The van der Waals surface area contributed by atoms with Crippen LogP contribution in [0.2, 0.25) is 0 Å². The molecule has 0 radical (unpaired) electrons. The summed E-state index contributed by atoms with van der Waals surface area (Å²) in [7, 11) is 1.53.